The minimum Gasteiger partial charge on any atom is -0.325 e. The smallest absolute Gasteiger partial charge is 0.105 e. The van der Waals surface area contributed by atoms with Crippen LogP contribution in [-0.2, 0) is 0 Å². The molecule has 0 aromatic rings. The van der Waals surface area contributed by atoms with Gasteiger partial charge in [0.2, 0.25) is 0 Å². The summed E-state index contributed by atoms with van der Waals surface area (Å²) in [5.41, 5.74) is 5.88. The Morgan fingerprint density at radius 1 is 1.54 bits per heavy atom. The summed E-state index contributed by atoms with van der Waals surface area (Å²) in [6.07, 6.45) is 1.04. The van der Waals surface area contributed by atoms with Gasteiger partial charge >= 0.3 is 0 Å². The van der Waals surface area contributed by atoms with Crippen LogP contribution in [0.5, 0.6) is 0 Å². The number of halogens is 1. The van der Waals surface area contributed by atoms with Crippen molar-refractivity contribution < 1.29 is 4.39 Å². The van der Waals surface area contributed by atoms with E-state index in [1.54, 1.807) is 0 Å². The molecular formula is C10H21FN2. The van der Waals surface area contributed by atoms with Gasteiger partial charge in [0.15, 0.2) is 0 Å². The zero-order chi connectivity index (χ0) is 10.1. The number of hydrogen-bond acceptors (Lipinski definition) is 2. The topological polar surface area (TPSA) is 29.3 Å². The van der Waals surface area contributed by atoms with E-state index >= 15 is 0 Å². The molecule has 0 spiro atoms. The molecule has 1 aliphatic heterocycles. The highest BCUT2D eigenvalue weighted by molar-refractivity contribution is 4.88. The average molecular weight is 188 g/mol. The van der Waals surface area contributed by atoms with Crippen LogP contribution in [0.2, 0.25) is 0 Å². The first-order valence-corrected chi connectivity index (χ1v) is 5.01. The Bertz CT molecular complexity index is 165. The zero-order valence-electron chi connectivity index (χ0n) is 8.89. The maximum atomic E-state index is 12.3. The number of nitrogens with zero attached hydrogens (tertiary/aromatic N) is 1. The summed E-state index contributed by atoms with van der Waals surface area (Å²) in [4.78, 5) is 2.38. The Morgan fingerprint density at radius 3 is 2.54 bits per heavy atom. The lowest BCUT2D eigenvalue weighted by Crippen LogP contribution is -2.41. The second-order valence-electron chi connectivity index (χ2n) is 4.98. The molecule has 1 saturated heterocycles. The highest BCUT2D eigenvalue weighted by Gasteiger charge is 2.32. The molecule has 0 bridgehead atoms. The molecule has 1 aliphatic rings. The number of hydrogen-bond donors (Lipinski definition) is 1. The second-order valence-corrected chi connectivity index (χ2v) is 4.98. The molecule has 2 atom stereocenters. The molecule has 0 aromatic carbocycles. The molecule has 0 amide bonds. The van der Waals surface area contributed by atoms with E-state index in [1.807, 2.05) is 0 Å². The van der Waals surface area contributed by atoms with Crippen LogP contribution >= 0.6 is 0 Å². The van der Waals surface area contributed by atoms with Crippen LogP contribution in [0.3, 0.4) is 0 Å². The monoisotopic (exact) mass is 188 g/mol. The van der Waals surface area contributed by atoms with Crippen LogP contribution in [-0.4, -0.2) is 36.2 Å². The van der Waals surface area contributed by atoms with Crippen LogP contribution < -0.4 is 5.73 Å². The van der Waals surface area contributed by atoms with Crippen LogP contribution in [0, 0.1) is 5.92 Å². The van der Waals surface area contributed by atoms with Crippen LogP contribution in [0.4, 0.5) is 4.39 Å². The molecule has 1 heterocycles. The predicted molar refractivity (Wildman–Crippen MR) is 53.4 cm³/mol. The molecule has 1 fully saturated rings. The SMILES string of the molecule is CC(C)(C)N1CC[C@@H]([C@@H](N)CF)C1. The minimum absolute atomic E-state index is 0.199. The predicted octanol–water partition coefficient (Wildman–Crippen LogP) is 1.40. The highest BCUT2D eigenvalue weighted by atomic mass is 19.1. The van der Waals surface area contributed by atoms with Crippen molar-refractivity contribution in [1.29, 1.82) is 0 Å². The molecule has 0 aliphatic carbocycles. The summed E-state index contributed by atoms with van der Waals surface area (Å²) in [7, 11) is 0. The third kappa shape index (κ3) is 2.64. The average Bonchev–Trinajstić information content (AvgIpc) is 2.50. The van der Waals surface area contributed by atoms with Crippen molar-refractivity contribution >= 4 is 0 Å². The third-order valence-corrected chi connectivity index (χ3v) is 2.96. The Labute approximate surface area is 80.3 Å². The lowest BCUT2D eigenvalue weighted by Gasteiger charge is -2.32. The fraction of sp³-hybridized carbons (Fsp3) is 1.00. The second kappa shape index (κ2) is 3.93. The zero-order valence-corrected chi connectivity index (χ0v) is 8.89. The van der Waals surface area contributed by atoms with Crippen molar-refractivity contribution in [3.8, 4) is 0 Å². The first kappa shape index (κ1) is 10.9. The van der Waals surface area contributed by atoms with E-state index in [9.17, 15) is 4.39 Å². The van der Waals surface area contributed by atoms with Gasteiger partial charge < -0.3 is 5.73 Å². The lowest BCUT2D eigenvalue weighted by molar-refractivity contribution is 0.163. The number of likely N-dealkylation sites (tertiary alicyclic amines) is 1. The van der Waals surface area contributed by atoms with Crippen molar-refractivity contribution in [1.82, 2.24) is 4.90 Å². The Hall–Kier alpha value is -0.150. The van der Waals surface area contributed by atoms with Gasteiger partial charge in [0, 0.05) is 18.1 Å². The summed E-state index contributed by atoms with van der Waals surface area (Å²) in [5.74, 6) is 0.351. The fourth-order valence-electron chi connectivity index (χ4n) is 1.87. The van der Waals surface area contributed by atoms with Gasteiger partial charge in [-0.05, 0) is 39.7 Å². The van der Waals surface area contributed by atoms with Gasteiger partial charge in [-0.1, -0.05) is 0 Å². The summed E-state index contributed by atoms with van der Waals surface area (Å²) in [5, 5.41) is 0. The molecule has 13 heavy (non-hydrogen) atoms. The molecule has 1 rings (SSSR count). The molecule has 2 nitrogen and oxygen atoms in total. The molecular weight excluding hydrogens is 167 g/mol. The molecule has 78 valence electrons. The van der Waals surface area contributed by atoms with Gasteiger partial charge in [0.05, 0.1) is 0 Å². The van der Waals surface area contributed by atoms with Gasteiger partial charge in [-0.2, -0.15) is 0 Å². The third-order valence-electron chi connectivity index (χ3n) is 2.96. The van der Waals surface area contributed by atoms with Gasteiger partial charge in [0.25, 0.3) is 0 Å². The van der Waals surface area contributed by atoms with Crippen molar-refractivity contribution in [2.75, 3.05) is 19.8 Å². The fourth-order valence-corrected chi connectivity index (χ4v) is 1.87. The first-order valence-electron chi connectivity index (χ1n) is 5.01. The van der Waals surface area contributed by atoms with Crippen molar-refractivity contribution in [2.24, 2.45) is 11.7 Å². The standard InChI is InChI=1S/C10H21FN2/c1-10(2,3)13-5-4-8(7-13)9(12)6-11/h8-9H,4-7,12H2,1-3H3/t8-,9+/m1/s1. The molecule has 0 aromatic heterocycles. The molecule has 2 N–H and O–H groups in total. The van der Waals surface area contributed by atoms with Gasteiger partial charge in [-0.25, -0.2) is 4.39 Å². The number of nitrogens with two attached hydrogens (primary N) is 1. The molecule has 0 unspecified atom stereocenters. The molecule has 0 saturated carbocycles. The maximum Gasteiger partial charge on any atom is 0.105 e. The first-order chi connectivity index (χ1) is 5.95. The molecule has 3 heteroatoms. The van der Waals surface area contributed by atoms with Gasteiger partial charge in [0.1, 0.15) is 6.67 Å². The summed E-state index contributed by atoms with van der Waals surface area (Å²) >= 11 is 0. The Kier molecular flexibility index (Phi) is 3.30. The van der Waals surface area contributed by atoms with Gasteiger partial charge in [-0.3, -0.25) is 4.90 Å². The van der Waals surface area contributed by atoms with Crippen LogP contribution in [0.15, 0.2) is 0 Å². The van der Waals surface area contributed by atoms with Crippen molar-refractivity contribution in [2.45, 2.75) is 38.8 Å². The van der Waals surface area contributed by atoms with E-state index in [1.165, 1.54) is 0 Å². The van der Waals surface area contributed by atoms with E-state index in [-0.39, 0.29) is 18.3 Å². The van der Waals surface area contributed by atoms with Crippen LogP contribution in [0.1, 0.15) is 27.2 Å². The van der Waals surface area contributed by atoms with E-state index in [4.69, 9.17) is 5.73 Å². The number of rotatable bonds is 2. The quantitative estimate of drug-likeness (QED) is 0.710. The van der Waals surface area contributed by atoms with E-state index in [0.717, 1.165) is 19.5 Å². The maximum absolute atomic E-state index is 12.3. The number of alkyl halides is 1. The molecule has 0 radical (unpaired) electrons. The Morgan fingerprint density at radius 2 is 2.15 bits per heavy atom. The van der Waals surface area contributed by atoms with E-state index < -0.39 is 0 Å². The summed E-state index contributed by atoms with van der Waals surface area (Å²) in [6, 6.07) is -0.257. The minimum atomic E-state index is -0.386. The van der Waals surface area contributed by atoms with E-state index in [0.29, 0.717) is 5.92 Å². The normalized spacial score (nSPS) is 27.9. The van der Waals surface area contributed by atoms with Crippen molar-refractivity contribution in [3.05, 3.63) is 0 Å². The summed E-state index contributed by atoms with van der Waals surface area (Å²) < 4.78 is 12.3. The highest BCUT2D eigenvalue weighted by Crippen LogP contribution is 2.25. The lowest BCUT2D eigenvalue weighted by atomic mass is 10.0. The largest absolute Gasteiger partial charge is 0.325 e. The van der Waals surface area contributed by atoms with Crippen molar-refractivity contribution in [3.63, 3.8) is 0 Å². The summed E-state index contributed by atoms with van der Waals surface area (Å²) in [6.45, 7) is 8.20. The van der Waals surface area contributed by atoms with Gasteiger partial charge in [-0.15, -0.1) is 0 Å². The Balaban J connectivity index is 2.45. The van der Waals surface area contributed by atoms with E-state index in [2.05, 4.69) is 25.7 Å². The van der Waals surface area contributed by atoms with Crippen LogP contribution in [0.25, 0.3) is 0 Å².